The Kier molecular flexibility index (Phi) is 4.99. The summed E-state index contributed by atoms with van der Waals surface area (Å²) in [4.78, 5) is 11.7. The number of aromatic nitrogens is 2. The zero-order valence-corrected chi connectivity index (χ0v) is 12.2. The quantitative estimate of drug-likeness (QED) is 0.826. The van der Waals surface area contributed by atoms with Crippen molar-refractivity contribution < 1.29 is 26.4 Å². The van der Waals surface area contributed by atoms with Crippen LogP contribution in [-0.4, -0.2) is 49.2 Å². The minimum Gasteiger partial charge on any atom is -0.331 e. The highest BCUT2D eigenvalue weighted by atomic mass is 32.2. The molecule has 0 unspecified atom stereocenters. The Morgan fingerprint density at radius 3 is 2.43 bits per heavy atom. The van der Waals surface area contributed by atoms with E-state index in [1.165, 1.54) is 0 Å². The first kappa shape index (κ1) is 17.4. The zero-order valence-electron chi connectivity index (χ0n) is 11.4. The first-order valence-electron chi connectivity index (χ1n) is 5.89. The summed E-state index contributed by atoms with van der Waals surface area (Å²) in [7, 11) is -3.39. The number of carbonyl (C=O) groups excluding carboxylic acids is 1. The SMILES string of the molecule is CCCc1[nH]nc(C(=O)N(C)CC(F)(F)F)c1S(N)(=O)=O. The molecule has 1 heterocycles. The highest BCUT2D eigenvalue weighted by Crippen LogP contribution is 2.21. The topological polar surface area (TPSA) is 109 Å². The summed E-state index contributed by atoms with van der Waals surface area (Å²) in [6, 6.07) is 0. The Morgan fingerprint density at radius 2 is 2.00 bits per heavy atom. The van der Waals surface area contributed by atoms with Gasteiger partial charge in [0.2, 0.25) is 10.0 Å². The summed E-state index contributed by atoms with van der Waals surface area (Å²) < 4.78 is 59.9. The van der Waals surface area contributed by atoms with Gasteiger partial charge in [-0.05, 0) is 6.42 Å². The molecule has 1 aromatic rings. The van der Waals surface area contributed by atoms with Gasteiger partial charge in [0, 0.05) is 7.05 Å². The monoisotopic (exact) mass is 328 g/mol. The van der Waals surface area contributed by atoms with Gasteiger partial charge < -0.3 is 4.90 Å². The Balaban J connectivity index is 3.22. The number of nitrogens with two attached hydrogens (primary N) is 1. The van der Waals surface area contributed by atoms with Crippen molar-refractivity contribution in [2.45, 2.75) is 30.8 Å². The molecular formula is C10H15F3N4O3S. The van der Waals surface area contributed by atoms with Gasteiger partial charge in [-0.25, -0.2) is 13.6 Å². The summed E-state index contributed by atoms with van der Waals surface area (Å²) in [5.74, 6) is -1.17. The number of aryl methyl sites for hydroxylation is 1. The van der Waals surface area contributed by atoms with Gasteiger partial charge in [0.05, 0.1) is 5.69 Å². The van der Waals surface area contributed by atoms with E-state index in [4.69, 9.17) is 5.14 Å². The van der Waals surface area contributed by atoms with Crippen molar-refractivity contribution >= 4 is 15.9 Å². The van der Waals surface area contributed by atoms with Crippen molar-refractivity contribution in [2.75, 3.05) is 13.6 Å². The Morgan fingerprint density at radius 1 is 1.43 bits per heavy atom. The summed E-state index contributed by atoms with van der Waals surface area (Å²) in [6.45, 7) is 0.233. The van der Waals surface area contributed by atoms with Crippen LogP contribution in [0.25, 0.3) is 0 Å². The minimum absolute atomic E-state index is 0.101. The van der Waals surface area contributed by atoms with Crippen LogP contribution in [0.5, 0.6) is 0 Å². The normalized spacial score (nSPS) is 12.5. The van der Waals surface area contributed by atoms with E-state index in [2.05, 4.69) is 10.2 Å². The molecule has 0 aliphatic heterocycles. The van der Waals surface area contributed by atoms with Crippen molar-refractivity contribution in [2.24, 2.45) is 5.14 Å². The maximum atomic E-state index is 12.3. The summed E-state index contributed by atoms with van der Waals surface area (Å²) in [5, 5.41) is 10.9. The molecular weight excluding hydrogens is 313 g/mol. The van der Waals surface area contributed by atoms with Gasteiger partial charge in [0.15, 0.2) is 5.69 Å². The van der Waals surface area contributed by atoms with Crippen LogP contribution in [0.4, 0.5) is 13.2 Å². The molecule has 0 aliphatic rings. The number of hydrogen-bond donors (Lipinski definition) is 2. The van der Waals surface area contributed by atoms with E-state index < -0.39 is 39.2 Å². The molecule has 0 fully saturated rings. The van der Waals surface area contributed by atoms with Gasteiger partial charge in [0.25, 0.3) is 5.91 Å². The van der Waals surface area contributed by atoms with Crippen LogP contribution < -0.4 is 5.14 Å². The first-order chi connectivity index (χ1) is 9.47. The number of nitrogens with one attached hydrogen (secondary N) is 1. The van der Waals surface area contributed by atoms with Gasteiger partial charge in [-0.1, -0.05) is 13.3 Å². The van der Waals surface area contributed by atoms with Gasteiger partial charge in [-0.3, -0.25) is 9.89 Å². The number of aromatic amines is 1. The third-order valence-electron chi connectivity index (χ3n) is 2.54. The summed E-state index contributed by atoms with van der Waals surface area (Å²) >= 11 is 0. The molecule has 1 aromatic heterocycles. The second-order valence-electron chi connectivity index (χ2n) is 4.45. The average Bonchev–Trinajstić information content (AvgIpc) is 2.69. The summed E-state index contributed by atoms with van der Waals surface area (Å²) in [6.07, 6.45) is -3.82. The van der Waals surface area contributed by atoms with Crippen LogP contribution in [-0.2, 0) is 16.4 Å². The number of H-pyrrole nitrogens is 1. The van der Waals surface area contributed by atoms with E-state index in [0.717, 1.165) is 7.05 Å². The number of sulfonamides is 1. The minimum atomic E-state index is -4.60. The number of nitrogens with zero attached hydrogens (tertiary/aromatic N) is 2. The molecule has 0 saturated carbocycles. The van der Waals surface area contributed by atoms with Crippen molar-refractivity contribution in [3.05, 3.63) is 11.4 Å². The number of halogens is 3. The van der Waals surface area contributed by atoms with E-state index in [9.17, 15) is 26.4 Å². The number of amides is 1. The van der Waals surface area contributed by atoms with E-state index in [-0.39, 0.29) is 12.1 Å². The molecule has 21 heavy (non-hydrogen) atoms. The standard InChI is InChI=1S/C10H15F3N4O3S/c1-3-4-6-8(21(14,19)20)7(16-15-6)9(18)17(2)5-10(11,12)13/h3-5H2,1-2H3,(H,15,16)(H2,14,19,20). The third-order valence-corrected chi connectivity index (χ3v) is 3.55. The fourth-order valence-corrected chi connectivity index (χ4v) is 2.65. The van der Waals surface area contributed by atoms with Crippen molar-refractivity contribution in [1.29, 1.82) is 0 Å². The fraction of sp³-hybridized carbons (Fsp3) is 0.600. The van der Waals surface area contributed by atoms with Crippen LogP contribution in [0.2, 0.25) is 0 Å². The van der Waals surface area contributed by atoms with Gasteiger partial charge >= 0.3 is 6.18 Å². The van der Waals surface area contributed by atoms with Crippen LogP contribution in [0.3, 0.4) is 0 Å². The van der Waals surface area contributed by atoms with Crippen LogP contribution >= 0.6 is 0 Å². The molecule has 7 nitrogen and oxygen atoms in total. The lowest BCUT2D eigenvalue weighted by Gasteiger charge is -2.18. The highest BCUT2D eigenvalue weighted by molar-refractivity contribution is 7.89. The van der Waals surface area contributed by atoms with Crippen LogP contribution in [0, 0.1) is 0 Å². The smallest absolute Gasteiger partial charge is 0.331 e. The fourth-order valence-electron chi connectivity index (χ4n) is 1.76. The van der Waals surface area contributed by atoms with Gasteiger partial charge in [-0.2, -0.15) is 18.3 Å². The maximum Gasteiger partial charge on any atom is 0.406 e. The second-order valence-corrected chi connectivity index (χ2v) is 5.95. The largest absolute Gasteiger partial charge is 0.406 e. The van der Waals surface area contributed by atoms with Crippen molar-refractivity contribution in [3.8, 4) is 0 Å². The van der Waals surface area contributed by atoms with Gasteiger partial charge in [-0.15, -0.1) is 0 Å². The molecule has 1 amide bonds. The molecule has 11 heteroatoms. The van der Waals surface area contributed by atoms with E-state index in [1.807, 2.05) is 0 Å². The lowest BCUT2D eigenvalue weighted by Crippen LogP contribution is -2.36. The van der Waals surface area contributed by atoms with Crippen LogP contribution in [0.1, 0.15) is 29.5 Å². The molecule has 0 aromatic carbocycles. The highest BCUT2D eigenvalue weighted by Gasteiger charge is 2.35. The Labute approximate surface area is 119 Å². The number of hydrogen-bond acceptors (Lipinski definition) is 4. The predicted molar refractivity (Wildman–Crippen MR) is 67.0 cm³/mol. The van der Waals surface area contributed by atoms with E-state index >= 15 is 0 Å². The Bertz CT molecular complexity index is 624. The zero-order chi connectivity index (χ0) is 16.4. The molecule has 0 spiro atoms. The molecule has 120 valence electrons. The van der Waals surface area contributed by atoms with Crippen molar-refractivity contribution in [1.82, 2.24) is 15.1 Å². The van der Waals surface area contributed by atoms with Gasteiger partial charge in [0.1, 0.15) is 11.4 Å². The molecule has 3 N–H and O–H groups in total. The summed E-state index contributed by atoms with van der Waals surface area (Å²) in [5.41, 5.74) is -0.531. The lowest BCUT2D eigenvalue weighted by molar-refractivity contribution is -0.138. The molecule has 0 bridgehead atoms. The number of primary sulfonamides is 1. The maximum absolute atomic E-state index is 12.3. The van der Waals surface area contributed by atoms with Crippen LogP contribution in [0.15, 0.2) is 4.90 Å². The predicted octanol–water partition coefficient (Wildman–Crippen LogP) is 0.644. The lowest BCUT2D eigenvalue weighted by atomic mass is 10.2. The molecule has 0 radical (unpaired) electrons. The number of carbonyl (C=O) groups is 1. The van der Waals surface area contributed by atoms with E-state index in [1.54, 1.807) is 6.92 Å². The molecule has 1 rings (SSSR count). The second kappa shape index (κ2) is 6.02. The molecule has 0 aliphatic carbocycles. The number of rotatable bonds is 5. The van der Waals surface area contributed by atoms with Crippen molar-refractivity contribution in [3.63, 3.8) is 0 Å². The van der Waals surface area contributed by atoms with E-state index in [0.29, 0.717) is 11.3 Å². The molecule has 0 saturated heterocycles. The number of alkyl halides is 3. The Hall–Kier alpha value is -1.62. The molecule has 0 atom stereocenters. The first-order valence-corrected chi connectivity index (χ1v) is 7.44. The average molecular weight is 328 g/mol. The third kappa shape index (κ3) is 4.43.